The zero-order valence-electron chi connectivity index (χ0n) is 11.4. The van der Waals surface area contributed by atoms with E-state index in [-0.39, 0.29) is 5.78 Å². The quantitative estimate of drug-likeness (QED) is 0.792. The van der Waals surface area contributed by atoms with Crippen LogP contribution in [0.4, 0.5) is 0 Å². The molecule has 0 amide bonds. The molecule has 1 fully saturated rings. The third-order valence-corrected chi connectivity index (χ3v) is 3.19. The molecule has 3 rings (SSSR count). The lowest BCUT2D eigenvalue weighted by Gasteiger charge is -2.17. The molecule has 1 aliphatic rings. The Balaban J connectivity index is 1.88. The molecule has 0 radical (unpaired) electrons. The number of carbonyl (C=O) groups excluding carboxylic acids is 1. The van der Waals surface area contributed by atoms with E-state index in [1.807, 2.05) is 36.4 Å². The molecule has 21 heavy (non-hydrogen) atoms. The standard InChI is InChI=1S/C17H14N2O2/c20-17-15(9-13-1-5-18-6-2-13)11-21-12-16(17)10-14-3-7-19-8-4-14/h1-10H,11-12H2. The number of ether oxygens (including phenoxy) is 1. The average molecular weight is 278 g/mol. The van der Waals surface area contributed by atoms with Crippen LogP contribution in [0.15, 0.2) is 60.2 Å². The van der Waals surface area contributed by atoms with Gasteiger partial charge in [-0.3, -0.25) is 14.8 Å². The maximum absolute atomic E-state index is 12.5. The van der Waals surface area contributed by atoms with E-state index in [9.17, 15) is 4.79 Å². The molecular formula is C17H14N2O2. The van der Waals surface area contributed by atoms with Crippen molar-refractivity contribution in [3.8, 4) is 0 Å². The van der Waals surface area contributed by atoms with E-state index < -0.39 is 0 Å². The zero-order chi connectivity index (χ0) is 14.5. The monoisotopic (exact) mass is 278 g/mol. The number of hydrogen-bond donors (Lipinski definition) is 0. The Hall–Kier alpha value is -2.59. The zero-order valence-corrected chi connectivity index (χ0v) is 11.4. The summed E-state index contributed by atoms with van der Waals surface area (Å²) < 4.78 is 5.52. The second-order valence-corrected chi connectivity index (χ2v) is 4.72. The van der Waals surface area contributed by atoms with Crippen LogP contribution in [0.25, 0.3) is 12.2 Å². The first-order chi connectivity index (χ1) is 10.3. The molecule has 0 aliphatic carbocycles. The van der Waals surface area contributed by atoms with Crippen molar-refractivity contribution in [2.24, 2.45) is 0 Å². The Bertz CT molecular complexity index is 632. The van der Waals surface area contributed by atoms with Crippen molar-refractivity contribution in [3.63, 3.8) is 0 Å². The smallest absolute Gasteiger partial charge is 0.189 e. The number of pyridine rings is 2. The Labute approximate surface area is 122 Å². The van der Waals surface area contributed by atoms with Gasteiger partial charge in [0.1, 0.15) is 0 Å². The van der Waals surface area contributed by atoms with Gasteiger partial charge in [-0.2, -0.15) is 0 Å². The van der Waals surface area contributed by atoms with Crippen LogP contribution in [0.2, 0.25) is 0 Å². The molecule has 0 atom stereocenters. The van der Waals surface area contributed by atoms with Crippen LogP contribution >= 0.6 is 0 Å². The molecule has 0 aromatic carbocycles. The molecular weight excluding hydrogens is 264 g/mol. The SMILES string of the molecule is O=C1C(=Cc2ccncc2)COCC1=Cc1ccncc1. The molecule has 1 saturated heterocycles. The summed E-state index contributed by atoms with van der Waals surface area (Å²) in [6, 6.07) is 7.45. The van der Waals surface area contributed by atoms with E-state index in [0.717, 1.165) is 11.1 Å². The molecule has 2 aromatic rings. The summed E-state index contributed by atoms with van der Waals surface area (Å²) in [5.74, 6) is 0.0369. The minimum Gasteiger partial charge on any atom is -0.372 e. The molecule has 2 aromatic heterocycles. The fourth-order valence-corrected chi connectivity index (χ4v) is 2.14. The highest BCUT2D eigenvalue weighted by Gasteiger charge is 2.21. The Morgan fingerprint density at radius 3 is 1.67 bits per heavy atom. The van der Waals surface area contributed by atoms with Gasteiger partial charge in [0.2, 0.25) is 0 Å². The average Bonchev–Trinajstić information content (AvgIpc) is 2.53. The summed E-state index contributed by atoms with van der Waals surface area (Å²) in [5, 5.41) is 0. The third-order valence-electron chi connectivity index (χ3n) is 3.19. The minimum atomic E-state index is 0.0369. The molecule has 0 N–H and O–H groups in total. The van der Waals surface area contributed by atoms with Crippen molar-refractivity contribution in [1.82, 2.24) is 9.97 Å². The van der Waals surface area contributed by atoms with Crippen LogP contribution in [0.5, 0.6) is 0 Å². The second-order valence-electron chi connectivity index (χ2n) is 4.72. The maximum atomic E-state index is 12.5. The van der Waals surface area contributed by atoms with Crippen LogP contribution in [0.1, 0.15) is 11.1 Å². The molecule has 3 heterocycles. The Morgan fingerprint density at radius 2 is 1.24 bits per heavy atom. The first-order valence-corrected chi connectivity index (χ1v) is 6.66. The van der Waals surface area contributed by atoms with E-state index in [2.05, 4.69) is 9.97 Å². The van der Waals surface area contributed by atoms with Gasteiger partial charge in [0.15, 0.2) is 5.78 Å². The lowest BCUT2D eigenvalue weighted by atomic mass is 9.98. The highest BCUT2D eigenvalue weighted by Crippen LogP contribution is 2.19. The summed E-state index contributed by atoms with van der Waals surface area (Å²) in [4.78, 5) is 20.4. The van der Waals surface area contributed by atoms with Gasteiger partial charge in [0.05, 0.1) is 13.2 Å². The van der Waals surface area contributed by atoms with Gasteiger partial charge < -0.3 is 4.74 Å². The lowest BCUT2D eigenvalue weighted by molar-refractivity contribution is -0.114. The van der Waals surface area contributed by atoms with Gasteiger partial charge >= 0.3 is 0 Å². The van der Waals surface area contributed by atoms with Gasteiger partial charge in [-0.25, -0.2) is 0 Å². The van der Waals surface area contributed by atoms with Crippen molar-refractivity contribution in [1.29, 1.82) is 0 Å². The predicted octanol–water partition coefficient (Wildman–Crippen LogP) is 2.54. The summed E-state index contributed by atoms with van der Waals surface area (Å²) in [5.41, 5.74) is 3.21. The topological polar surface area (TPSA) is 52.1 Å². The molecule has 0 bridgehead atoms. The number of Topliss-reactive ketones (excluding diaryl/α,β-unsaturated/α-hetero) is 1. The number of aromatic nitrogens is 2. The van der Waals surface area contributed by atoms with Crippen molar-refractivity contribution in [3.05, 3.63) is 71.3 Å². The second kappa shape index (κ2) is 6.24. The van der Waals surface area contributed by atoms with Crippen LogP contribution in [-0.4, -0.2) is 29.0 Å². The van der Waals surface area contributed by atoms with E-state index in [4.69, 9.17) is 4.74 Å². The Morgan fingerprint density at radius 1 is 0.810 bits per heavy atom. The first kappa shape index (κ1) is 13.4. The summed E-state index contributed by atoms with van der Waals surface area (Å²) in [7, 11) is 0. The van der Waals surface area contributed by atoms with Crippen LogP contribution < -0.4 is 0 Å². The van der Waals surface area contributed by atoms with Gasteiger partial charge in [0.25, 0.3) is 0 Å². The van der Waals surface area contributed by atoms with Crippen molar-refractivity contribution >= 4 is 17.9 Å². The van der Waals surface area contributed by atoms with Gasteiger partial charge in [-0.15, -0.1) is 0 Å². The third kappa shape index (κ3) is 3.30. The lowest BCUT2D eigenvalue weighted by Crippen LogP contribution is -2.21. The molecule has 104 valence electrons. The molecule has 4 nitrogen and oxygen atoms in total. The van der Waals surface area contributed by atoms with Crippen molar-refractivity contribution < 1.29 is 9.53 Å². The number of ketones is 1. The van der Waals surface area contributed by atoms with Crippen molar-refractivity contribution in [2.75, 3.05) is 13.2 Å². The van der Waals surface area contributed by atoms with Crippen molar-refractivity contribution in [2.45, 2.75) is 0 Å². The van der Waals surface area contributed by atoms with Gasteiger partial charge in [-0.1, -0.05) is 0 Å². The summed E-state index contributed by atoms with van der Waals surface area (Å²) in [6.45, 7) is 0.684. The number of hydrogen-bond acceptors (Lipinski definition) is 4. The molecule has 1 aliphatic heterocycles. The Kier molecular flexibility index (Phi) is 3.98. The van der Waals surface area contributed by atoms with E-state index in [1.165, 1.54) is 0 Å². The summed E-state index contributed by atoms with van der Waals surface area (Å²) >= 11 is 0. The van der Waals surface area contributed by atoms with Crippen LogP contribution in [-0.2, 0) is 9.53 Å². The van der Waals surface area contributed by atoms with E-state index in [1.54, 1.807) is 24.8 Å². The van der Waals surface area contributed by atoms with Crippen LogP contribution in [0, 0.1) is 0 Å². The van der Waals surface area contributed by atoms with Crippen LogP contribution in [0.3, 0.4) is 0 Å². The highest BCUT2D eigenvalue weighted by atomic mass is 16.5. The normalized spacial score (nSPS) is 19.1. The fourth-order valence-electron chi connectivity index (χ4n) is 2.14. The van der Waals surface area contributed by atoms with Gasteiger partial charge in [-0.05, 0) is 47.5 Å². The number of rotatable bonds is 2. The van der Waals surface area contributed by atoms with Gasteiger partial charge in [0, 0.05) is 35.9 Å². The molecule has 0 saturated carbocycles. The highest BCUT2D eigenvalue weighted by molar-refractivity contribution is 6.14. The summed E-state index contributed by atoms with van der Waals surface area (Å²) in [6.07, 6.45) is 10.5. The number of nitrogens with zero attached hydrogens (tertiary/aromatic N) is 2. The number of carbonyl (C=O) groups is 1. The predicted molar refractivity (Wildman–Crippen MR) is 80.3 cm³/mol. The first-order valence-electron chi connectivity index (χ1n) is 6.66. The minimum absolute atomic E-state index is 0.0369. The molecule has 4 heteroatoms. The van der Waals surface area contributed by atoms with E-state index in [0.29, 0.717) is 24.4 Å². The molecule has 0 unspecified atom stereocenters. The largest absolute Gasteiger partial charge is 0.372 e. The maximum Gasteiger partial charge on any atom is 0.189 e. The van der Waals surface area contributed by atoms with E-state index >= 15 is 0 Å². The fraction of sp³-hybridized carbons (Fsp3) is 0.118. The molecule has 0 spiro atoms.